The Morgan fingerprint density at radius 3 is 1.35 bits per heavy atom. The van der Waals surface area contributed by atoms with Gasteiger partial charge >= 0.3 is 11.9 Å². The first kappa shape index (κ1) is 13.4. The molecule has 0 radical (unpaired) electrons. The highest BCUT2D eigenvalue weighted by Crippen LogP contribution is 2.35. The lowest BCUT2D eigenvalue weighted by Gasteiger charge is -2.11. The molecule has 0 fully saturated rings. The van der Waals surface area contributed by atoms with Crippen molar-refractivity contribution in [2.45, 2.75) is 0 Å². The van der Waals surface area contributed by atoms with Crippen LogP contribution in [0.1, 0.15) is 20.7 Å². The van der Waals surface area contributed by atoms with Gasteiger partial charge in [-0.15, -0.1) is 0 Å². The maximum atomic E-state index is 11.2. The molecule has 0 aliphatic heterocycles. The first-order chi connectivity index (χ1) is 9.43. The van der Waals surface area contributed by atoms with Gasteiger partial charge in [-0.25, -0.2) is 9.59 Å². The minimum Gasteiger partial charge on any atom is -0.507 e. The largest absolute Gasteiger partial charge is 0.507 e. The highest BCUT2D eigenvalue weighted by atomic mass is 16.4. The van der Waals surface area contributed by atoms with Crippen molar-refractivity contribution in [2.24, 2.45) is 0 Å². The Morgan fingerprint density at radius 1 is 0.700 bits per heavy atom. The van der Waals surface area contributed by atoms with Gasteiger partial charge in [0.15, 0.2) is 0 Å². The monoisotopic (exact) mass is 274 g/mol. The van der Waals surface area contributed by atoms with Gasteiger partial charge in [-0.2, -0.15) is 0 Å². The summed E-state index contributed by atoms with van der Waals surface area (Å²) in [5, 5.41) is 37.5. The Bertz CT molecular complexity index is 643. The van der Waals surface area contributed by atoms with Crippen LogP contribution < -0.4 is 0 Å². The molecule has 0 atom stereocenters. The second kappa shape index (κ2) is 4.93. The first-order valence-electron chi connectivity index (χ1n) is 5.54. The van der Waals surface area contributed by atoms with Crippen LogP contribution in [-0.4, -0.2) is 32.4 Å². The maximum Gasteiger partial charge on any atom is 0.340 e. The summed E-state index contributed by atoms with van der Waals surface area (Å²) in [4.78, 5) is 22.4. The van der Waals surface area contributed by atoms with Crippen LogP contribution in [0.2, 0.25) is 0 Å². The van der Waals surface area contributed by atoms with Gasteiger partial charge in [0.2, 0.25) is 0 Å². The Morgan fingerprint density at radius 2 is 1.05 bits per heavy atom. The quantitative estimate of drug-likeness (QED) is 0.681. The van der Waals surface area contributed by atoms with E-state index in [0.717, 1.165) is 0 Å². The van der Waals surface area contributed by atoms with Gasteiger partial charge in [0.25, 0.3) is 0 Å². The van der Waals surface area contributed by atoms with Gasteiger partial charge in [0, 0.05) is 11.1 Å². The molecule has 20 heavy (non-hydrogen) atoms. The summed E-state index contributed by atoms with van der Waals surface area (Å²) in [6.07, 6.45) is 0. The molecular formula is C14H10O6. The summed E-state index contributed by atoms with van der Waals surface area (Å²) in [7, 11) is 0. The van der Waals surface area contributed by atoms with Crippen LogP contribution >= 0.6 is 0 Å². The normalized spacial score (nSPS) is 10.2. The predicted octanol–water partition coefficient (Wildman–Crippen LogP) is 2.16. The molecule has 0 heterocycles. The first-order valence-corrected chi connectivity index (χ1v) is 5.54. The van der Waals surface area contributed by atoms with Gasteiger partial charge < -0.3 is 20.4 Å². The number of carbonyl (C=O) groups is 2. The van der Waals surface area contributed by atoms with Crippen LogP contribution in [-0.2, 0) is 0 Å². The number of phenols is 2. The minimum absolute atomic E-state index is 0.0193. The second-order valence-electron chi connectivity index (χ2n) is 4.01. The average molecular weight is 274 g/mol. The molecule has 2 aromatic rings. The van der Waals surface area contributed by atoms with E-state index in [4.69, 9.17) is 10.2 Å². The number of hydrogen-bond donors (Lipinski definition) is 4. The van der Waals surface area contributed by atoms with Crippen molar-refractivity contribution in [1.82, 2.24) is 0 Å². The van der Waals surface area contributed by atoms with E-state index in [-0.39, 0.29) is 11.1 Å². The highest BCUT2D eigenvalue weighted by Gasteiger charge is 2.22. The lowest BCUT2D eigenvalue weighted by atomic mass is 9.94. The van der Waals surface area contributed by atoms with Gasteiger partial charge in [-0.1, -0.05) is 24.3 Å². The van der Waals surface area contributed by atoms with Crippen LogP contribution in [0.15, 0.2) is 36.4 Å². The SMILES string of the molecule is O=C(O)c1c(O)cccc1-c1cccc(O)c1C(=O)O. The summed E-state index contributed by atoms with van der Waals surface area (Å²) in [6, 6.07) is 7.90. The third-order valence-electron chi connectivity index (χ3n) is 2.80. The van der Waals surface area contributed by atoms with Crippen molar-refractivity contribution >= 4 is 11.9 Å². The molecule has 0 aliphatic rings. The molecule has 0 unspecified atom stereocenters. The number of carboxylic acid groups (broad SMARTS) is 2. The Hall–Kier alpha value is -3.02. The zero-order valence-electron chi connectivity index (χ0n) is 10.1. The van der Waals surface area contributed by atoms with Crippen LogP contribution in [0.5, 0.6) is 11.5 Å². The summed E-state index contributed by atoms with van der Waals surface area (Å²) in [5.74, 6) is -3.74. The zero-order chi connectivity index (χ0) is 14.9. The zero-order valence-corrected chi connectivity index (χ0v) is 10.1. The third kappa shape index (κ3) is 2.14. The molecule has 2 aromatic carbocycles. The molecule has 0 amide bonds. The van der Waals surface area contributed by atoms with Crippen LogP contribution in [0, 0.1) is 0 Å². The highest BCUT2D eigenvalue weighted by molar-refractivity contribution is 6.04. The smallest absolute Gasteiger partial charge is 0.340 e. The summed E-state index contributed by atoms with van der Waals surface area (Å²) < 4.78 is 0. The van der Waals surface area contributed by atoms with Gasteiger partial charge in [0.1, 0.15) is 22.6 Å². The molecule has 0 aliphatic carbocycles. The molecule has 6 nitrogen and oxygen atoms in total. The number of aromatic carboxylic acids is 2. The molecular weight excluding hydrogens is 264 g/mol. The number of benzene rings is 2. The van der Waals surface area contributed by atoms with Crippen molar-refractivity contribution < 1.29 is 30.0 Å². The molecule has 0 bridgehead atoms. The van der Waals surface area contributed by atoms with Gasteiger partial charge in [-0.3, -0.25) is 0 Å². The van der Waals surface area contributed by atoms with Crippen LogP contribution in [0.4, 0.5) is 0 Å². The fourth-order valence-electron chi connectivity index (χ4n) is 1.98. The van der Waals surface area contributed by atoms with E-state index >= 15 is 0 Å². The number of rotatable bonds is 3. The topological polar surface area (TPSA) is 115 Å². The van der Waals surface area contributed by atoms with Gasteiger partial charge in [-0.05, 0) is 12.1 Å². The molecule has 0 saturated heterocycles. The summed E-state index contributed by atoms with van der Waals surface area (Å²) in [6.45, 7) is 0. The molecule has 4 N–H and O–H groups in total. The van der Waals surface area contributed by atoms with Crippen LogP contribution in [0.3, 0.4) is 0 Å². The molecule has 0 saturated carbocycles. The van der Waals surface area contributed by atoms with Crippen molar-refractivity contribution in [3.05, 3.63) is 47.5 Å². The number of aromatic hydroxyl groups is 2. The third-order valence-corrected chi connectivity index (χ3v) is 2.80. The summed E-state index contributed by atoms with van der Waals surface area (Å²) >= 11 is 0. The fourth-order valence-corrected chi connectivity index (χ4v) is 1.98. The molecule has 102 valence electrons. The van der Waals surface area contributed by atoms with E-state index in [2.05, 4.69) is 0 Å². The predicted molar refractivity (Wildman–Crippen MR) is 69.1 cm³/mol. The maximum absolute atomic E-state index is 11.2. The van der Waals surface area contributed by atoms with E-state index < -0.39 is 34.6 Å². The Labute approximate surface area is 113 Å². The molecule has 0 aromatic heterocycles. The van der Waals surface area contributed by atoms with Crippen LogP contribution in [0.25, 0.3) is 11.1 Å². The van der Waals surface area contributed by atoms with E-state index in [0.29, 0.717) is 0 Å². The van der Waals surface area contributed by atoms with E-state index in [1.54, 1.807) is 0 Å². The lowest BCUT2D eigenvalue weighted by molar-refractivity contribution is 0.0680. The molecule has 2 rings (SSSR count). The Kier molecular flexibility index (Phi) is 3.30. The van der Waals surface area contributed by atoms with Crippen molar-refractivity contribution in [2.75, 3.05) is 0 Å². The fraction of sp³-hybridized carbons (Fsp3) is 0. The van der Waals surface area contributed by atoms with Crippen molar-refractivity contribution in [3.63, 3.8) is 0 Å². The number of carboxylic acids is 2. The minimum atomic E-state index is -1.39. The molecule has 0 spiro atoms. The lowest BCUT2D eigenvalue weighted by Crippen LogP contribution is -2.04. The Balaban J connectivity index is 2.83. The van der Waals surface area contributed by atoms with Gasteiger partial charge in [0.05, 0.1) is 0 Å². The average Bonchev–Trinajstić information content (AvgIpc) is 2.37. The molecule has 6 heteroatoms. The number of hydrogen-bond acceptors (Lipinski definition) is 4. The van der Waals surface area contributed by atoms with E-state index in [9.17, 15) is 19.8 Å². The second-order valence-corrected chi connectivity index (χ2v) is 4.01. The standard InChI is InChI=1S/C14H10O6/c15-9-5-1-3-7(11(9)13(17)18)8-4-2-6-10(16)12(8)14(19)20/h1-6,15-16H,(H,17,18)(H,19,20). The van der Waals surface area contributed by atoms with Crippen molar-refractivity contribution in [3.8, 4) is 22.6 Å². The van der Waals surface area contributed by atoms with E-state index in [1.165, 1.54) is 36.4 Å². The summed E-state index contributed by atoms with van der Waals surface area (Å²) in [5.41, 5.74) is -0.794. The van der Waals surface area contributed by atoms with E-state index in [1.807, 2.05) is 0 Å². The van der Waals surface area contributed by atoms with Crippen molar-refractivity contribution in [1.29, 1.82) is 0 Å².